The summed E-state index contributed by atoms with van der Waals surface area (Å²) in [6, 6.07) is 7.94. The van der Waals surface area contributed by atoms with Crippen LogP contribution >= 0.6 is 11.3 Å². The van der Waals surface area contributed by atoms with Crippen molar-refractivity contribution in [1.82, 2.24) is 40.5 Å². The van der Waals surface area contributed by atoms with Gasteiger partial charge in [-0.25, -0.2) is 17.9 Å². The Labute approximate surface area is 224 Å². The molecule has 4 heterocycles. The lowest BCUT2D eigenvalue weighted by Crippen LogP contribution is -2.24. The van der Waals surface area contributed by atoms with E-state index in [1.54, 1.807) is 24.4 Å². The van der Waals surface area contributed by atoms with E-state index in [0.717, 1.165) is 24.5 Å². The third-order valence-corrected chi connectivity index (χ3v) is 6.27. The maximum Gasteiger partial charge on any atom is 0.273 e. The number of pyridine rings is 2. The Kier molecular flexibility index (Phi) is 8.91. The smallest absolute Gasteiger partial charge is 0.273 e. The highest BCUT2D eigenvalue weighted by atomic mass is 32.1. The number of amides is 2. The molecule has 2 amide bonds. The first kappa shape index (κ1) is 27.8. The quantitative estimate of drug-likeness (QED) is 0.270. The molecular weight excluding hydrogens is 535 g/mol. The van der Waals surface area contributed by atoms with E-state index < -0.39 is 18.0 Å². The minimum Gasteiger partial charge on any atom is -0.345 e. The van der Waals surface area contributed by atoms with Crippen molar-refractivity contribution in [2.45, 2.75) is 51.4 Å². The van der Waals surface area contributed by atoms with Gasteiger partial charge in [0.15, 0.2) is 5.69 Å². The average molecular weight is 560 g/mol. The molecular formula is C24H24F3N9O2S. The summed E-state index contributed by atoms with van der Waals surface area (Å²) < 4.78 is 42.3. The highest BCUT2D eigenvalue weighted by molar-refractivity contribution is 7.15. The molecule has 0 aliphatic heterocycles. The van der Waals surface area contributed by atoms with Crippen LogP contribution in [0.2, 0.25) is 0 Å². The van der Waals surface area contributed by atoms with E-state index >= 15 is 0 Å². The number of hydrogen-bond acceptors (Lipinski definition) is 9. The fourth-order valence-electron chi connectivity index (χ4n) is 3.35. The lowest BCUT2D eigenvalue weighted by Gasteiger charge is -2.10. The lowest BCUT2D eigenvalue weighted by atomic mass is 10.1. The van der Waals surface area contributed by atoms with E-state index in [0.29, 0.717) is 27.9 Å². The molecule has 0 spiro atoms. The SMILES string of the molecule is CC(F)(F)c1ccc(CNC(=O)c2cn(C[C@H](F)CCc3nnc(NC(=O)Cc4ccccn4)s3)nn2)nc1. The minimum atomic E-state index is -3.00. The van der Waals surface area contributed by atoms with Crippen molar-refractivity contribution >= 4 is 28.3 Å². The monoisotopic (exact) mass is 559 g/mol. The Morgan fingerprint density at radius 3 is 2.67 bits per heavy atom. The van der Waals surface area contributed by atoms with Crippen molar-refractivity contribution in [2.75, 3.05) is 5.32 Å². The fraction of sp³-hybridized carbons (Fsp3) is 0.333. The van der Waals surface area contributed by atoms with Gasteiger partial charge in [-0.05, 0) is 30.7 Å². The normalized spacial score (nSPS) is 12.2. The predicted molar refractivity (Wildman–Crippen MR) is 135 cm³/mol. The predicted octanol–water partition coefficient (Wildman–Crippen LogP) is 3.11. The maximum absolute atomic E-state index is 14.6. The topological polar surface area (TPSA) is 140 Å². The molecule has 0 radical (unpaired) electrons. The van der Waals surface area contributed by atoms with Crippen molar-refractivity contribution in [1.29, 1.82) is 0 Å². The van der Waals surface area contributed by atoms with Crippen molar-refractivity contribution in [3.05, 3.63) is 76.6 Å². The van der Waals surface area contributed by atoms with Gasteiger partial charge in [0.05, 0.1) is 31.4 Å². The first-order chi connectivity index (χ1) is 18.7. The molecule has 0 saturated heterocycles. The van der Waals surface area contributed by atoms with Gasteiger partial charge in [-0.1, -0.05) is 22.6 Å². The molecule has 2 N–H and O–H groups in total. The lowest BCUT2D eigenvalue weighted by molar-refractivity contribution is -0.115. The zero-order valence-electron chi connectivity index (χ0n) is 20.7. The molecule has 0 fully saturated rings. The van der Waals surface area contributed by atoms with Gasteiger partial charge in [0.1, 0.15) is 11.2 Å². The molecule has 39 heavy (non-hydrogen) atoms. The van der Waals surface area contributed by atoms with Crippen LogP contribution in [-0.2, 0) is 36.6 Å². The number of halogens is 3. The third kappa shape index (κ3) is 8.36. The summed E-state index contributed by atoms with van der Waals surface area (Å²) in [6.07, 6.45) is 3.20. The summed E-state index contributed by atoms with van der Waals surface area (Å²) in [5, 5.41) is 21.6. The molecule has 0 aromatic carbocycles. The summed E-state index contributed by atoms with van der Waals surface area (Å²) in [6.45, 7) is 0.651. The summed E-state index contributed by atoms with van der Waals surface area (Å²) in [5.74, 6) is -3.84. The van der Waals surface area contributed by atoms with E-state index in [2.05, 4.69) is 41.1 Å². The number of carbonyl (C=O) groups excluding carboxylic acids is 2. The average Bonchev–Trinajstić information content (AvgIpc) is 3.56. The van der Waals surface area contributed by atoms with Crippen LogP contribution in [0.5, 0.6) is 0 Å². The second-order valence-electron chi connectivity index (χ2n) is 8.62. The molecule has 0 aliphatic rings. The van der Waals surface area contributed by atoms with Crippen LogP contribution in [0.1, 0.15) is 45.8 Å². The number of rotatable bonds is 12. The number of alkyl halides is 3. The minimum absolute atomic E-state index is 0.000428. The zero-order valence-corrected chi connectivity index (χ0v) is 21.5. The standard InChI is InChI=1S/C24H24F3N9O2S/c1-24(26,27)15-5-7-18(29-11-15)12-30-22(38)19-14-36(35-32-19)13-16(25)6-8-21-33-34-23(39-21)31-20(37)10-17-4-2-3-9-28-17/h2-5,7,9,11,14,16H,6,8,10,12-13H2,1H3,(H,30,38)(H,31,34,37)/t16-/m1/s1. The molecule has 0 unspecified atom stereocenters. The molecule has 4 aromatic heterocycles. The first-order valence-electron chi connectivity index (χ1n) is 11.8. The molecule has 11 nitrogen and oxygen atoms in total. The van der Waals surface area contributed by atoms with Crippen LogP contribution < -0.4 is 10.6 Å². The molecule has 1 atom stereocenters. The van der Waals surface area contributed by atoms with Crippen molar-refractivity contribution < 1.29 is 22.8 Å². The van der Waals surface area contributed by atoms with Crippen LogP contribution in [0.15, 0.2) is 48.9 Å². The summed E-state index contributed by atoms with van der Waals surface area (Å²) in [5.41, 5.74) is 0.771. The van der Waals surface area contributed by atoms with Crippen LogP contribution in [0, 0.1) is 0 Å². The molecule has 204 valence electrons. The Balaban J connectivity index is 1.19. The molecule has 4 rings (SSSR count). The number of nitrogens with zero attached hydrogens (tertiary/aromatic N) is 7. The van der Waals surface area contributed by atoms with Crippen molar-refractivity contribution in [3.63, 3.8) is 0 Å². The van der Waals surface area contributed by atoms with Gasteiger partial charge >= 0.3 is 0 Å². The van der Waals surface area contributed by atoms with Gasteiger partial charge in [-0.2, -0.15) is 0 Å². The zero-order chi connectivity index (χ0) is 27.8. The summed E-state index contributed by atoms with van der Waals surface area (Å²) in [4.78, 5) is 32.5. The second kappa shape index (κ2) is 12.5. The van der Waals surface area contributed by atoms with Crippen LogP contribution in [0.3, 0.4) is 0 Å². The number of hydrogen-bond donors (Lipinski definition) is 2. The second-order valence-corrected chi connectivity index (χ2v) is 9.68. The van der Waals surface area contributed by atoms with Crippen molar-refractivity contribution in [3.8, 4) is 0 Å². The van der Waals surface area contributed by atoms with Crippen LogP contribution in [-0.4, -0.2) is 53.1 Å². The molecule has 0 saturated carbocycles. The van der Waals surface area contributed by atoms with Gasteiger partial charge in [0, 0.05) is 37.0 Å². The molecule has 15 heteroatoms. The summed E-state index contributed by atoms with van der Waals surface area (Å²) >= 11 is 1.16. The van der Waals surface area contributed by atoms with E-state index in [1.807, 2.05) is 0 Å². The number of aromatic nitrogens is 7. The van der Waals surface area contributed by atoms with E-state index in [4.69, 9.17) is 0 Å². The molecule has 4 aromatic rings. The Morgan fingerprint density at radius 1 is 1.10 bits per heavy atom. The molecule has 0 bridgehead atoms. The number of aryl methyl sites for hydroxylation is 1. The Bertz CT molecular complexity index is 1390. The highest BCUT2D eigenvalue weighted by Gasteiger charge is 2.24. The third-order valence-electron chi connectivity index (χ3n) is 5.37. The van der Waals surface area contributed by atoms with Gasteiger partial charge in [0.25, 0.3) is 11.8 Å². The fourth-order valence-corrected chi connectivity index (χ4v) is 4.12. The summed E-state index contributed by atoms with van der Waals surface area (Å²) in [7, 11) is 0. The first-order valence-corrected chi connectivity index (χ1v) is 12.6. The highest BCUT2D eigenvalue weighted by Crippen LogP contribution is 2.25. The van der Waals surface area contributed by atoms with E-state index in [1.165, 1.54) is 23.0 Å². The Morgan fingerprint density at radius 2 is 1.95 bits per heavy atom. The van der Waals surface area contributed by atoms with E-state index in [9.17, 15) is 22.8 Å². The maximum atomic E-state index is 14.6. The number of nitrogens with one attached hydrogen (secondary N) is 2. The number of carbonyl (C=O) groups is 2. The van der Waals surface area contributed by atoms with E-state index in [-0.39, 0.29) is 43.1 Å². The van der Waals surface area contributed by atoms with Crippen LogP contribution in [0.25, 0.3) is 0 Å². The number of anilines is 1. The van der Waals surface area contributed by atoms with Gasteiger partial charge in [0.2, 0.25) is 11.0 Å². The van der Waals surface area contributed by atoms with Gasteiger partial charge in [-0.3, -0.25) is 19.6 Å². The van der Waals surface area contributed by atoms with Gasteiger partial charge in [-0.15, -0.1) is 15.3 Å². The Hall–Kier alpha value is -4.27. The molecule has 0 aliphatic carbocycles. The van der Waals surface area contributed by atoms with Crippen molar-refractivity contribution in [2.24, 2.45) is 0 Å². The van der Waals surface area contributed by atoms with Gasteiger partial charge < -0.3 is 10.6 Å². The van der Waals surface area contributed by atoms with Crippen LogP contribution in [0.4, 0.5) is 18.3 Å². The largest absolute Gasteiger partial charge is 0.345 e.